The topological polar surface area (TPSA) is 92.2 Å². The van der Waals surface area contributed by atoms with Crippen molar-refractivity contribution in [3.8, 4) is 0 Å². The average molecular weight is 300 g/mol. The van der Waals surface area contributed by atoms with Gasteiger partial charge in [-0.2, -0.15) is 0 Å². The molecule has 1 aromatic heterocycles. The second-order valence-corrected chi connectivity index (χ2v) is 4.50. The van der Waals surface area contributed by atoms with Crippen LogP contribution in [0.25, 0.3) is 0 Å². The van der Waals surface area contributed by atoms with Crippen molar-refractivity contribution in [1.82, 2.24) is 9.88 Å². The van der Waals surface area contributed by atoms with E-state index >= 15 is 0 Å². The number of nitrogens with one attached hydrogen (secondary N) is 3. The van der Waals surface area contributed by atoms with Crippen LogP contribution in [-0.2, 0) is 11.3 Å². The van der Waals surface area contributed by atoms with Gasteiger partial charge in [0.15, 0.2) is 0 Å². The van der Waals surface area contributed by atoms with Crippen LogP contribution >= 0.6 is 0 Å². The molecule has 0 aliphatic rings. The van der Waals surface area contributed by atoms with Crippen LogP contribution in [0.3, 0.4) is 0 Å². The zero-order chi connectivity index (χ0) is 15.9. The lowest BCUT2D eigenvalue weighted by Gasteiger charge is -2.08. The molecule has 22 heavy (non-hydrogen) atoms. The molecule has 0 fully saturated rings. The van der Waals surface area contributed by atoms with Gasteiger partial charge in [-0.15, -0.1) is 0 Å². The Hall–Kier alpha value is -3.09. The summed E-state index contributed by atoms with van der Waals surface area (Å²) < 4.78 is 1.32. The van der Waals surface area contributed by atoms with Gasteiger partial charge in [-0.1, -0.05) is 6.07 Å². The van der Waals surface area contributed by atoms with Crippen LogP contribution in [-0.4, -0.2) is 23.6 Å². The van der Waals surface area contributed by atoms with Gasteiger partial charge in [0, 0.05) is 30.7 Å². The molecule has 0 saturated heterocycles. The number of aromatic nitrogens is 1. The summed E-state index contributed by atoms with van der Waals surface area (Å²) in [5.74, 6) is -0.305. The number of anilines is 2. The largest absolute Gasteiger partial charge is 0.341 e. The summed E-state index contributed by atoms with van der Waals surface area (Å²) in [5, 5.41) is 7.74. The number of hydrogen-bond acceptors (Lipinski definition) is 3. The monoisotopic (exact) mass is 300 g/mol. The highest BCUT2D eigenvalue weighted by atomic mass is 16.2. The molecule has 1 aromatic carbocycles. The molecule has 0 spiro atoms. The van der Waals surface area contributed by atoms with Gasteiger partial charge in [-0.05, 0) is 30.3 Å². The molecule has 3 N–H and O–H groups in total. The first-order valence-electron chi connectivity index (χ1n) is 6.62. The number of benzene rings is 1. The minimum Gasteiger partial charge on any atom is -0.341 e. The van der Waals surface area contributed by atoms with Crippen molar-refractivity contribution in [2.75, 3.05) is 17.7 Å². The number of carbonyl (C=O) groups excluding carboxylic acids is 2. The molecule has 0 saturated carbocycles. The molecular weight excluding hydrogens is 284 g/mol. The number of hydrogen-bond donors (Lipinski definition) is 3. The highest BCUT2D eigenvalue weighted by Gasteiger charge is 2.05. The summed E-state index contributed by atoms with van der Waals surface area (Å²) in [6, 6.07) is 11.0. The summed E-state index contributed by atoms with van der Waals surface area (Å²) in [7, 11) is 1.52. The molecule has 3 amide bonds. The van der Waals surface area contributed by atoms with E-state index < -0.39 is 0 Å². The molecule has 7 heteroatoms. The normalized spacial score (nSPS) is 9.86. The van der Waals surface area contributed by atoms with Crippen molar-refractivity contribution in [2.45, 2.75) is 6.54 Å². The third-order valence-electron chi connectivity index (χ3n) is 2.87. The molecule has 7 nitrogen and oxygen atoms in total. The van der Waals surface area contributed by atoms with Crippen LogP contribution < -0.4 is 21.5 Å². The first-order chi connectivity index (χ1) is 10.6. The fourth-order valence-corrected chi connectivity index (χ4v) is 1.78. The minimum atomic E-state index is -0.319. The Morgan fingerprint density at radius 2 is 1.64 bits per heavy atom. The van der Waals surface area contributed by atoms with Gasteiger partial charge in [-0.3, -0.25) is 9.59 Å². The molecule has 2 rings (SSSR count). The number of carbonyl (C=O) groups is 2. The maximum Gasteiger partial charge on any atom is 0.318 e. The number of amides is 3. The van der Waals surface area contributed by atoms with Crippen LogP contribution in [0, 0.1) is 0 Å². The van der Waals surface area contributed by atoms with E-state index in [1.54, 1.807) is 42.6 Å². The lowest BCUT2D eigenvalue weighted by Crippen LogP contribution is -2.26. The highest BCUT2D eigenvalue weighted by molar-refractivity contribution is 5.92. The van der Waals surface area contributed by atoms with E-state index in [9.17, 15) is 14.4 Å². The SMILES string of the molecule is CNC(=O)Nc1ccc(NC(=O)Cn2ccccc2=O)cc1. The number of rotatable bonds is 4. The van der Waals surface area contributed by atoms with Gasteiger partial charge in [0.2, 0.25) is 5.91 Å². The summed E-state index contributed by atoms with van der Waals surface area (Å²) in [6.45, 7) is -0.0576. The Kier molecular flexibility index (Phi) is 4.92. The number of pyridine rings is 1. The van der Waals surface area contributed by atoms with Crippen molar-refractivity contribution in [2.24, 2.45) is 0 Å². The molecule has 0 aliphatic heterocycles. The zero-order valence-corrected chi connectivity index (χ0v) is 12.0. The summed E-state index contributed by atoms with van der Waals surface area (Å²) in [6.07, 6.45) is 1.55. The minimum absolute atomic E-state index is 0.0576. The predicted octanol–water partition coefficient (Wildman–Crippen LogP) is 1.24. The molecule has 1 heterocycles. The number of urea groups is 1. The molecular formula is C15H16N4O3. The molecule has 0 radical (unpaired) electrons. The lowest BCUT2D eigenvalue weighted by atomic mass is 10.3. The third-order valence-corrected chi connectivity index (χ3v) is 2.87. The van der Waals surface area contributed by atoms with Crippen LogP contribution in [0.5, 0.6) is 0 Å². The highest BCUT2D eigenvalue weighted by Crippen LogP contribution is 2.13. The predicted molar refractivity (Wildman–Crippen MR) is 83.9 cm³/mol. The van der Waals surface area contributed by atoms with Gasteiger partial charge in [0.25, 0.3) is 5.56 Å². The van der Waals surface area contributed by atoms with Gasteiger partial charge in [0.1, 0.15) is 6.54 Å². The Morgan fingerprint density at radius 1 is 1.00 bits per heavy atom. The van der Waals surface area contributed by atoms with E-state index in [0.717, 1.165) is 0 Å². The molecule has 0 unspecified atom stereocenters. The van der Waals surface area contributed by atoms with E-state index in [1.165, 1.54) is 17.7 Å². The second kappa shape index (κ2) is 7.07. The Balaban J connectivity index is 1.96. The molecule has 0 aliphatic carbocycles. The summed E-state index contributed by atoms with van der Waals surface area (Å²) in [4.78, 5) is 34.6. The van der Waals surface area contributed by atoms with Crippen LogP contribution in [0.15, 0.2) is 53.5 Å². The number of nitrogens with zero attached hydrogens (tertiary/aromatic N) is 1. The zero-order valence-electron chi connectivity index (χ0n) is 12.0. The third kappa shape index (κ3) is 4.20. The Labute approximate surface area is 127 Å². The van der Waals surface area contributed by atoms with Crippen LogP contribution in [0.1, 0.15) is 0 Å². The van der Waals surface area contributed by atoms with E-state index in [-0.39, 0.29) is 24.0 Å². The standard InChI is InChI=1S/C15H16N4O3/c1-16-15(22)18-12-7-5-11(6-8-12)17-13(20)10-19-9-3-2-4-14(19)21/h2-9H,10H2,1H3,(H,17,20)(H2,16,18,22). The molecule has 0 bridgehead atoms. The van der Waals surface area contributed by atoms with Gasteiger partial charge in [-0.25, -0.2) is 4.79 Å². The summed E-state index contributed by atoms with van der Waals surface area (Å²) in [5.41, 5.74) is 0.954. The lowest BCUT2D eigenvalue weighted by molar-refractivity contribution is -0.116. The Bertz CT molecular complexity index is 722. The van der Waals surface area contributed by atoms with Crippen molar-refractivity contribution in [3.63, 3.8) is 0 Å². The molecule has 2 aromatic rings. The maximum atomic E-state index is 11.9. The Morgan fingerprint density at radius 3 is 2.23 bits per heavy atom. The molecule has 114 valence electrons. The second-order valence-electron chi connectivity index (χ2n) is 4.50. The van der Waals surface area contributed by atoms with E-state index in [0.29, 0.717) is 11.4 Å². The van der Waals surface area contributed by atoms with Gasteiger partial charge < -0.3 is 20.5 Å². The fraction of sp³-hybridized carbons (Fsp3) is 0.133. The van der Waals surface area contributed by atoms with Gasteiger partial charge >= 0.3 is 6.03 Å². The van der Waals surface area contributed by atoms with Crippen molar-refractivity contribution in [3.05, 3.63) is 59.0 Å². The maximum absolute atomic E-state index is 11.9. The fourth-order valence-electron chi connectivity index (χ4n) is 1.78. The van der Waals surface area contributed by atoms with Crippen molar-refractivity contribution in [1.29, 1.82) is 0 Å². The van der Waals surface area contributed by atoms with E-state index in [2.05, 4.69) is 16.0 Å². The van der Waals surface area contributed by atoms with Crippen LogP contribution in [0.4, 0.5) is 16.2 Å². The average Bonchev–Trinajstić information content (AvgIpc) is 2.51. The van der Waals surface area contributed by atoms with Crippen LogP contribution in [0.2, 0.25) is 0 Å². The van der Waals surface area contributed by atoms with Crippen molar-refractivity contribution < 1.29 is 9.59 Å². The quantitative estimate of drug-likeness (QED) is 0.793. The smallest absolute Gasteiger partial charge is 0.318 e. The van der Waals surface area contributed by atoms with E-state index in [1.807, 2.05) is 0 Å². The van der Waals surface area contributed by atoms with Gasteiger partial charge in [0.05, 0.1) is 0 Å². The summed E-state index contributed by atoms with van der Waals surface area (Å²) >= 11 is 0. The first-order valence-corrected chi connectivity index (χ1v) is 6.62. The first kappa shape index (κ1) is 15.3. The molecule has 0 atom stereocenters. The van der Waals surface area contributed by atoms with E-state index in [4.69, 9.17) is 0 Å². The van der Waals surface area contributed by atoms with Crippen molar-refractivity contribution >= 4 is 23.3 Å².